The topological polar surface area (TPSA) is 60.0 Å². The van der Waals surface area contributed by atoms with Gasteiger partial charge in [0, 0.05) is 52.7 Å². The molecule has 2 rings (SSSR count). The summed E-state index contributed by atoms with van der Waals surface area (Å²) in [4.78, 5) is 21.0. The molecular formula is C19H37N5O. The zero-order valence-corrected chi connectivity index (χ0v) is 16.6. The van der Waals surface area contributed by atoms with Gasteiger partial charge in [-0.05, 0) is 44.1 Å². The normalized spacial score (nSPS) is 23.3. The summed E-state index contributed by atoms with van der Waals surface area (Å²) in [5.74, 6) is 2.41. The Balaban J connectivity index is 1.76. The lowest BCUT2D eigenvalue weighted by Crippen LogP contribution is -2.49. The Hall–Kier alpha value is -1.30. The first-order valence-corrected chi connectivity index (χ1v) is 9.93. The lowest BCUT2D eigenvalue weighted by Gasteiger charge is -2.35. The minimum atomic E-state index is 0.160. The molecule has 0 radical (unpaired) electrons. The van der Waals surface area contributed by atoms with E-state index in [0.29, 0.717) is 18.4 Å². The van der Waals surface area contributed by atoms with Gasteiger partial charge >= 0.3 is 0 Å². The molecular weight excluding hydrogens is 314 g/mol. The Bertz CT molecular complexity index is 443. The van der Waals surface area contributed by atoms with Crippen LogP contribution in [0.1, 0.15) is 46.0 Å². The summed E-state index contributed by atoms with van der Waals surface area (Å²) in [6.45, 7) is 9.97. The second kappa shape index (κ2) is 10.00. The van der Waals surface area contributed by atoms with Crippen LogP contribution in [-0.4, -0.2) is 74.5 Å². The fourth-order valence-corrected chi connectivity index (χ4v) is 4.09. The van der Waals surface area contributed by atoms with Crippen molar-refractivity contribution in [2.45, 2.75) is 52.0 Å². The molecule has 6 nitrogen and oxygen atoms in total. The van der Waals surface area contributed by atoms with Crippen LogP contribution in [0.5, 0.6) is 0 Å². The number of nitrogens with one attached hydrogen (secondary N) is 2. The summed E-state index contributed by atoms with van der Waals surface area (Å²) in [5.41, 5.74) is 0. The SMILES string of the molecule is CN=C(NC[C@H]1CCCN1CC(C)C)N1CCC(CC(=O)NC)CC1. The number of guanidine groups is 1. The summed E-state index contributed by atoms with van der Waals surface area (Å²) < 4.78 is 0. The van der Waals surface area contributed by atoms with Crippen molar-refractivity contribution in [1.82, 2.24) is 20.4 Å². The zero-order valence-electron chi connectivity index (χ0n) is 16.6. The van der Waals surface area contributed by atoms with Crippen molar-refractivity contribution in [2.75, 3.05) is 46.8 Å². The van der Waals surface area contributed by atoms with Gasteiger partial charge in [0.2, 0.25) is 5.91 Å². The van der Waals surface area contributed by atoms with Crippen molar-refractivity contribution in [1.29, 1.82) is 0 Å². The first kappa shape index (κ1) is 20.0. The van der Waals surface area contributed by atoms with E-state index < -0.39 is 0 Å². The number of rotatable bonds is 6. The van der Waals surface area contributed by atoms with Crippen molar-refractivity contribution >= 4 is 11.9 Å². The van der Waals surface area contributed by atoms with Gasteiger partial charge in [-0.3, -0.25) is 14.7 Å². The Labute approximate surface area is 153 Å². The van der Waals surface area contributed by atoms with E-state index in [1.54, 1.807) is 7.05 Å². The lowest BCUT2D eigenvalue weighted by atomic mass is 9.93. The van der Waals surface area contributed by atoms with E-state index in [0.717, 1.165) is 44.4 Å². The summed E-state index contributed by atoms with van der Waals surface area (Å²) >= 11 is 0. The van der Waals surface area contributed by atoms with Gasteiger partial charge in [-0.25, -0.2) is 0 Å². The molecule has 2 heterocycles. The summed E-state index contributed by atoms with van der Waals surface area (Å²) in [5, 5.41) is 6.34. The van der Waals surface area contributed by atoms with Crippen molar-refractivity contribution in [3.63, 3.8) is 0 Å². The van der Waals surface area contributed by atoms with Gasteiger partial charge < -0.3 is 15.5 Å². The quantitative estimate of drug-likeness (QED) is 0.563. The number of piperidine rings is 1. The minimum absolute atomic E-state index is 0.160. The summed E-state index contributed by atoms with van der Waals surface area (Å²) in [7, 11) is 3.59. The molecule has 0 spiro atoms. The smallest absolute Gasteiger partial charge is 0.220 e. The van der Waals surface area contributed by atoms with Crippen LogP contribution in [0.15, 0.2) is 4.99 Å². The molecule has 2 aliphatic heterocycles. The molecule has 0 aromatic heterocycles. The van der Waals surface area contributed by atoms with E-state index in [4.69, 9.17) is 0 Å². The largest absolute Gasteiger partial charge is 0.359 e. The molecule has 2 N–H and O–H groups in total. The highest BCUT2D eigenvalue weighted by Gasteiger charge is 2.27. The highest BCUT2D eigenvalue weighted by atomic mass is 16.1. The second-order valence-electron chi connectivity index (χ2n) is 7.92. The predicted octanol–water partition coefficient (Wildman–Crippen LogP) is 1.53. The van der Waals surface area contributed by atoms with E-state index in [1.165, 1.54) is 25.9 Å². The maximum Gasteiger partial charge on any atom is 0.220 e. The molecule has 0 aromatic carbocycles. The Morgan fingerprint density at radius 2 is 1.92 bits per heavy atom. The fraction of sp³-hybridized carbons (Fsp3) is 0.895. The first-order chi connectivity index (χ1) is 12.0. The van der Waals surface area contributed by atoms with E-state index in [2.05, 4.69) is 39.3 Å². The van der Waals surface area contributed by atoms with Gasteiger partial charge in [0.05, 0.1) is 0 Å². The fourth-order valence-electron chi connectivity index (χ4n) is 4.09. The van der Waals surface area contributed by atoms with E-state index in [-0.39, 0.29) is 5.91 Å². The molecule has 1 atom stereocenters. The monoisotopic (exact) mass is 351 g/mol. The van der Waals surface area contributed by atoms with Crippen LogP contribution in [0.2, 0.25) is 0 Å². The highest BCUT2D eigenvalue weighted by Crippen LogP contribution is 2.21. The molecule has 2 fully saturated rings. The van der Waals surface area contributed by atoms with Crippen LogP contribution < -0.4 is 10.6 Å². The average Bonchev–Trinajstić information content (AvgIpc) is 3.03. The maximum atomic E-state index is 11.5. The van der Waals surface area contributed by atoms with E-state index in [9.17, 15) is 4.79 Å². The van der Waals surface area contributed by atoms with Crippen LogP contribution in [-0.2, 0) is 4.79 Å². The van der Waals surface area contributed by atoms with Gasteiger partial charge in [-0.2, -0.15) is 0 Å². The van der Waals surface area contributed by atoms with Crippen LogP contribution in [0, 0.1) is 11.8 Å². The van der Waals surface area contributed by atoms with E-state index >= 15 is 0 Å². The molecule has 0 aromatic rings. The molecule has 2 aliphatic rings. The number of carbonyl (C=O) groups excluding carboxylic acids is 1. The summed E-state index contributed by atoms with van der Waals surface area (Å²) in [6.07, 6.45) is 5.38. The zero-order chi connectivity index (χ0) is 18.2. The van der Waals surface area contributed by atoms with E-state index in [1.807, 2.05) is 7.05 Å². The number of likely N-dealkylation sites (tertiary alicyclic amines) is 2. The van der Waals surface area contributed by atoms with Gasteiger partial charge in [0.1, 0.15) is 0 Å². The number of hydrogen-bond donors (Lipinski definition) is 2. The number of amides is 1. The number of hydrogen-bond acceptors (Lipinski definition) is 3. The van der Waals surface area contributed by atoms with Crippen LogP contribution in [0.4, 0.5) is 0 Å². The van der Waals surface area contributed by atoms with Crippen LogP contribution >= 0.6 is 0 Å². The Morgan fingerprint density at radius 1 is 1.20 bits per heavy atom. The third kappa shape index (κ3) is 6.17. The van der Waals surface area contributed by atoms with Crippen molar-refractivity contribution in [3.05, 3.63) is 0 Å². The molecule has 1 amide bonds. The van der Waals surface area contributed by atoms with Gasteiger partial charge in [-0.15, -0.1) is 0 Å². The van der Waals surface area contributed by atoms with Gasteiger partial charge in [0.15, 0.2) is 5.96 Å². The number of nitrogens with zero attached hydrogens (tertiary/aromatic N) is 3. The minimum Gasteiger partial charge on any atom is -0.359 e. The number of aliphatic imine (C=N–C) groups is 1. The number of carbonyl (C=O) groups is 1. The van der Waals surface area contributed by atoms with Gasteiger partial charge in [-0.1, -0.05) is 13.8 Å². The lowest BCUT2D eigenvalue weighted by molar-refractivity contribution is -0.121. The van der Waals surface area contributed by atoms with Crippen molar-refractivity contribution < 1.29 is 4.79 Å². The van der Waals surface area contributed by atoms with Crippen LogP contribution in [0.25, 0.3) is 0 Å². The Morgan fingerprint density at radius 3 is 2.52 bits per heavy atom. The molecule has 0 saturated carbocycles. The molecule has 25 heavy (non-hydrogen) atoms. The maximum absolute atomic E-state index is 11.5. The van der Waals surface area contributed by atoms with Crippen LogP contribution in [0.3, 0.4) is 0 Å². The third-order valence-electron chi connectivity index (χ3n) is 5.47. The average molecular weight is 352 g/mol. The molecule has 2 saturated heterocycles. The molecule has 0 aliphatic carbocycles. The molecule has 144 valence electrons. The summed E-state index contributed by atoms with van der Waals surface area (Å²) in [6, 6.07) is 0.630. The van der Waals surface area contributed by atoms with Crippen molar-refractivity contribution in [3.8, 4) is 0 Å². The second-order valence-corrected chi connectivity index (χ2v) is 7.92. The molecule has 0 bridgehead atoms. The molecule has 0 unspecified atom stereocenters. The van der Waals surface area contributed by atoms with Gasteiger partial charge in [0.25, 0.3) is 0 Å². The predicted molar refractivity (Wildman–Crippen MR) is 104 cm³/mol. The highest BCUT2D eigenvalue weighted by molar-refractivity contribution is 5.80. The molecule has 6 heteroatoms. The first-order valence-electron chi connectivity index (χ1n) is 9.93. The standard InChI is InChI=1S/C19H37N5O/c1-15(2)14-24-9-5-6-17(24)13-22-19(21-4)23-10-7-16(8-11-23)12-18(25)20-3/h15-17H,5-14H2,1-4H3,(H,20,25)(H,21,22)/t17-/m1/s1. The van der Waals surface area contributed by atoms with Crippen molar-refractivity contribution in [2.24, 2.45) is 16.8 Å². The Kier molecular flexibility index (Phi) is 8.00. The third-order valence-corrected chi connectivity index (χ3v) is 5.47.